The molecule has 1 aromatic heterocycles. The van der Waals surface area contributed by atoms with E-state index >= 15 is 0 Å². The van der Waals surface area contributed by atoms with E-state index in [-0.39, 0.29) is 18.4 Å². The van der Waals surface area contributed by atoms with Crippen LogP contribution in [0.3, 0.4) is 0 Å². The standard InChI is InChI=1S/C20H21BrN2O3S2/c1-4-26-18(24)11-22-10-13(15-8-14(21)5-6-16(15)22)7-17-19(25)23(9-12(2)3)20(27)28-17/h5-8,10,12H,4,9,11H2,1-3H3/b17-7-. The smallest absolute Gasteiger partial charge is 0.325 e. The van der Waals surface area contributed by atoms with Crippen molar-refractivity contribution in [2.45, 2.75) is 27.3 Å². The number of ether oxygens (including phenoxy) is 1. The molecule has 5 nitrogen and oxygen atoms in total. The van der Waals surface area contributed by atoms with Gasteiger partial charge in [-0.2, -0.15) is 0 Å². The van der Waals surface area contributed by atoms with Gasteiger partial charge in [0.1, 0.15) is 10.9 Å². The van der Waals surface area contributed by atoms with Gasteiger partial charge in [-0.1, -0.05) is 53.8 Å². The second-order valence-electron chi connectivity index (χ2n) is 6.86. The maximum absolute atomic E-state index is 12.8. The highest BCUT2D eigenvalue weighted by atomic mass is 79.9. The molecule has 0 radical (unpaired) electrons. The summed E-state index contributed by atoms with van der Waals surface area (Å²) in [5, 5.41) is 0.952. The lowest BCUT2D eigenvalue weighted by Crippen LogP contribution is -2.31. The van der Waals surface area contributed by atoms with E-state index in [0.29, 0.717) is 28.3 Å². The van der Waals surface area contributed by atoms with Gasteiger partial charge in [0.15, 0.2) is 0 Å². The molecular weight excluding hydrogens is 460 g/mol. The molecule has 0 unspecified atom stereocenters. The lowest BCUT2D eigenvalue weighted by atomic mass is 10.1. The molecule has 8 heteroatoms. The minimum Gasteiger partial charge on any atom is -0.465 e. The van der Waals surface area contributed by atoms with Crippen molar-refractivity contribution in [2.24, 2.45) is 5.92 Å². The number of amides is 1. The third kappa shape index (κ3) is 4.50. The number of fused-ring (bicyclic) bond motifs is 1. The van der Waals surface area contributed by atoms with Gasteiger partial charge in [-0.3, -0.25) is 14.5 Å². The molecule has 28 heavy (non-hydrogen) atoms. The van der Waals surface area contributed by atoms with Crippen LogP contribution >= 0.6 is 39.9 Å². The van der Waals surface area contributed by atoms with Crippen molar-refractivity contribution >= 4 is 73.1 Å². The Labute approximate surface area is 182 Å². The number of benzene rings is 1. The summed E-state index contributed by atoms with van der Waals surface area (Å²) in [4.78, 5) is 27.0. The highest BCUT2D eigenvalue weighted by molar-refractivity contribution is 9.10. The first-order chi connectivity index (χ1) is 13.3. The molecule has 0 N–H and O–H groups in total. The molecule has 1 saturated heterocycles. The van der Waals surface area contributed by atoms with Gasteiger partial charge in [-0.25, -0.2) is 0 Å². The van der Waals surface area contributed by atoms with Crippen LogP contribution in [0.4, 0.5) is 0 Å². The Kier molecular flexibility index (Phi) is 6.62. The van der Waals surface area contributed by atoms with E-state index in [1.54, 1.807) is 11.8 Å². The topological polar surface area (TPSA) is 51.5 Å². The van der Waals surface area contributed by atoms with Crippen LogP contribution in [0.15, 0.2) is 33.8 Å². The first-order valence-electron chi connectivity index (χ1n) is 8.99. The fourth-order valence-corrected chi connectivity index (χ4v) is 4.68. The van der Waals surface area contributed by atoms with Crippen molar-refractivity contribution in [3.8, 4) is 0 Å². The van der Waals surface area contributed by atoms with E-state index in [0.717, 1.165) is 20.9 Å². The molecule has 0 atom stereocenters. The number of thiocarbonyl (C=S) groups is 1. The predicted molar refractivity (Wildman–Crippen MR) is 121 cm³/mol. The summed E-state index contributed by atoms with van der Waals surface area (Å²) in [5.41, 5.74) is 1.77. The van der Waals surface area contributed by atoms with E-state index in [4.69, 9.17) is 17.0 Å². The van der Waals surface area contributed by atoms with Crippen molar-refractivity contribution in [3.63, 3.8) is 0 Å². The van der Waals surface area contributed by atoms with Crippen molar-refractivity contribution < 1.29 is 14.3 Å². The van der Waals surface area contributed by atoms with E-state index in [1.165, 1.54) is 11.8 Å². The Morgan fingerprint density at radius 1 is 1.39 bits per heavy atom. The summed E-state index contributed by atoms with van der Waals surface area (Å²) in [6.45, 7) is 6.97. The van der Waals surface area contributed by atoms with Crippen LogP contribution in [-0.4, -0.2) is 38.8 Å². The predicted octanol–water partition coefficient (Wildman–Crippen LogP) is 4.82. The maximum atomic E-state index is 12.8. The molecule has 148 valence electrons. The number of hydrogen-bond donors (Lipinski definition) is 0. The first-order valence-corrected chi connectivity index (χ1v) is 11.0. The second-order valence-corrected chi connectivity index (χ2v) is 9.46. The molecular formula is C20H21BrN2O3S2. The molecule has 0 bridgehead atoms. The number of hydrogen-bond acceptors (Lipinski definition) is 5. The van der Waals surface area contributed by atoms with Crippen LogP contribution in [0.5, 0.6) is 0 Å². The molecule has 3 rings (SSSR count). The van der Waals surface area contributed by atoms with Crippen molar-refractivity contribution in [1.29, 1.82) is 0 Å². The number of halogens is 1. The minimum absolute atomic E-state index is 0.0648. The van der Waals surface area contributed by atoms with Gasteiger partial charge in [0, 0.05) is 33.7 Å². The van der Waals surface area contributed by atoms with Crippen LogP contribution < -0.4 is 0 Å². The van der Waals surface area contributed by atoms with Crippen molar-refractivity contribution in [3.05, 3.63) is 39.3 Å². The Morgan fingerprint density at radius 3 is 2.82 bits per heavy atom. The van der Waals surface area contributed by atoms with Gasteiger partial charge in [0.2, 0.25) is 0 Å². The molecule has 2 aromatic rings. The fraction of sp³-hybridized carbons (Fsp3) is 0.350. The molecule has 1 fully saturated rings. The van der Waals surface area contributed by atoms with Crippen LogP contribution in [0.1, 0.15) is 26.3 Å². The normalized spacial score (nSPS) is 16.0. The number of carbonyl (C=O) groups excluding carboxylic acids is 2. The Hall–Kier alpha value is -1.64. The maximum Gasteiger partial charge on any atom is 0.325 e. The van der Waals surface area contributed by atoms with E-state index < -0.39 is 0 Å². The van der Waals surface area contributed by atoms with Gasteiger partial charge < -0.3 is 9.30 Å². The molecule has 1 aliphatic heterocycles. The second kappa shape index (κ2) is 8.80. The minimum atomic E-state index is -0.294. The van der Waals surface area contributed by atoms with E-state index in [9.17, 15) is 9.59 Å². The zero-order chi connectivity index (χ0) is 20.4. The monoisotopic (exact) mass is 480 g/mol. The van der Waals surface area contributed by atoms with Crippen LogP contribution in [0.2, 0.25) is 0 Å². The summed E-state index contributed by atoms with van der Waals surface area (Å²) in [5.74, 6) is -0.0218. The van der Waals surface area contributed by atoms with Gasteiger partial charge in [0.05, 0.1) is 11.5 Å². The summed E-state index contributed by atoms with van der Waals surface area (Å²) in [6, 6.07) is 5.85. The SMILES string of the molecule is CCOC(=O)Cn1cc(/C=C2\SC(=S)N(CC(C)C)C2=O)c2cc(Br)ccc21. The average Bonchev–Trinajstić information content (AvgIpc) is 3.07. The van der Waals surface area contributed by atoms with Crippen molar-refractivity contribution in [1.82, 2.24) is 9.47 Å². The molecule has 0 spiro atoms. The molecule has 0 aliphatic carbocycles. The Morgan fingerprint density at radius 2 is 2.14 bits per heavy atom. The van der Waals surface area contributed by atoms with E-state index in [1.807, 2.05) is 35.0 Å². The third-order valence-corrected chi connectivity index (χ3v) is 6.06. The van der Waals surface area contributed by atoms with Gasteiger partial charge in [-0.15, -0.1) is 0 Å². The lowest BCUT2D eigenvalue weighted by Gasteiger charge is -2.16. The number of rotatable bonds is 6. The highest BCUT2D eigenvalue weighted by Gasteiger charge is 2.32. The third-order valence-electron chi connectivity index (χ3n) is 4.19. The molecule has 2 heterocycles. The fourth-order valence-electron chi connectivity index (χ4n) is 3.05. The number of nitrogens with zero attached hydrogens (tertiary/aromatic N) is 2. The Balaban J connectivity index is 2.00. The summed E-state index contributed by atoms with van der Waals surface area (Å²) in [7, 11) is 0. The summed E-state index contributed by atoms with van der Waals surface area (Å²) in [6.07, 6.45) is 3.74. The average molecular weight is 481 g/mol. The van der Waals surface area contributed by atoms with E-state index in [2.05, 4.69) is 29.8 Å². The van der Waals surface area contributed by atoms with Crippen LogP contribution in [0.25, 0.3) is 17.0 Å². The van der Waals surface area contributed by atoms with Gasteiger partial charge in [0.25, 0.3) is 5.91 Å². The first kappa shape index (κ1) is 21.1. The van der Waals surface area contributed by atoms with Crippen LogP contribution in [0, 0.1) is 5.92 Å². The molecule has 0 saturated carbocycles. The lowest BCUT2D eigenvalue weighted by molar-refractivity contribution is -0.143. The number of thioether (sulfide) groups is 1. The van der Waals surface area contributed by atoms with Crippen molar-refractivity contribution in [2.75, 3.05) is 13.2 Å². The molecule has 1 aromatic carbocycles. The largest absolute Gasteiger partial charge is 0.465 e. The number of carbonyl (C=O) groups is 2. The molecule has 1 aliphatic rings. The zero-order valence-electron chi connectivity index (χ0n) is 15.9. The quantitative estimate of drug-likeness (QED) is 0.336. The summed E-state index contributed by atoms with van der Waals surface area (Å²) >= 11 is 10.2. The van der Waals surface area contributed by atoms with Crippen LogP contribution in [-0.2, 0) is 20.9 Å². The number of esters is 1. The van der Waals surface area contributed by atoms with Gasteiger partial charge >= 0.3 is 5.97 Å². The number of aromatic nitrogens is 1. The summed E-state index contributed by atoms with van der Waals surface area (Å²) < 4.78 is 8.44. The zero-order valence-corrected chi connectivity index (χ0v) is 19.1. The highest BCUT2D eigenvalue weighted by Crippen LogP contribution is 2.35. The molecule has 1 amide bonds. The Bertz CT molecular complexity index is 981. The van der Waals surface area contributed by atoms with Gasteiger partial charge in [-0.05, 0) is 37.1 Å².